The lowest BCUT2D eigenvalue weighted by Gasteiger charge is -2.07. The van der Waals surface area contributed by atoms with E-state index in [0.717, 1.165) is 0 Å². The van der Waals surface area contributed by atoms with Crippen molar-refractivity contribution in [3.8, 4) is 6.07 Å². The quantitative estimate of drug-likeness (QED) is 0.732. The van der Waals surface area contributed by atoms with Crippen LogP contribution < -0.4 is 0 Å². The van der Waals surface area contributed by atoms with Gasteiger partial charge in [-0.3, -0.25) is 0 Å². The smallest absolute Gasteiger partial charge is 0.336 e. The molecule has 0 spiro atoms. The summed E-state index contributed by atoms with van der Waals surface area (Å²) in [6.07, 6.45) is 0. The molecule has 0 aliphatic rings. The fraction of sp³-hybridized carbons (Fsp3) is 0.200. The number of aliphatic hydroxyl groups is 1. The van der Waals surface area contributed by atoms with E-state index in [1.165, 1.54) is 6.07 Å². The molecule has 1 rings (SSSR count). The molecule has 4 nitrogen and oxygen atoms in total. The van der Waals surface area contributed by atoms with Crippen LogP contribution in [0.3, 0.4) is 0 Å². The Kier molecular flexibility index (Phi) is 2.85. The molecular formula is C10H9NO3. The van der Waals surface area contributed by atoms with E-state index in [-0.39, 0.29) is 17.7 Å². The zero-order valence-electron chi connectivity index (χ0n) is 7.61. The first-order valence-electron chi connectivity index (χ1n) is 3.98. The number of aromatic carboxylic acids is 1. The van der Waals surface area contributed by atoms with Crippen LogP contribution in [0, 0.1) is 18.3 Å². The Morgan fingerprint density at radius 1 is 1.57 bits per heavy atom. The largest absolute Gasteiger partial charge is 0.478 e. The van der Waals surface area contributed by atoms with Gasteiger partial charge in [0.1, 0.15) is 0 Å². The molecule has 0 fully saturated rings. The summed E-state index contributed by atoms with van der Waals surface area (Å²) in [5.74, 6) is -1.13. The maximum absolute atomic E-state index is 10.8. The lowest BCUT2D eigenvalue weighted by atomic mass is 9.99. The van der Waals surface area contributed by atoms with Crippen molar-refractivity contribution in [3.05, 3.63) is 34.4 Å². The summed E-state index contributed by atoms with van der Waals surface area (Å²) in [4.78, 5) is 10.8. The van der Waals surface area contributed by atoms with Crippen molar-refractivity contribution < 1.29 is 15.0 Å². The minimum Gasteiger partial charge on any atom is -0.478 e. The van der Waals surface area contributed by atoms with E-state index < -0.39 is 5.97 Å². The van der Waals surface area contributed by atoms with E-state index in [9.17, 15) is 4.79 Å². The van der Waals surface area contributed by atoms with E-state index in [1.54, 1.807) is 13.0 Å². The van der Waals surface area contributed by atoms with Gasteiger partial charge >= 0.3 is 5.97 Å². The van der Waals surface area contributed by atoms with E-state index in [4.69, 9.17) is 15.5 Å². The summed E-state index contributed by atoms with van der Waals surface area (Å²) in [5, 5.41) is 26.4. The van der Waals surface area contributed by atoms with E-state index in [0.29, 0.717) is 11.1 Å². The Bertz CT molecular complexity index is 418. The van der Waals surface area contributed by atoms with Crippen LogP contribution >= 0.6 is 0 Å². The van der Waals surface area contributed by atoms with Gasteiger partial charge in [-0.05, 0) is 30.2 Å². The van der Waals surface area contributed by atoms with Gasteiger partial charge < -0.3 is 10.2 Å². The van der Waals surface area contributed by atoms with Crippen molar-refractivity contribution >= 4 is 5.97 Å². The molecule has 0 aromatic heterocycles. The molecule has 0 unspecified atom stereocenters. The van der Waals surface area contributed by atoms with Crippen molar-refractivity contribution in [3.63, 3.8) is 0 Å². The van der Waals surface area contributed by atoms with Gasteiger partial charge in [-0.2, -0.15) is 5.26 Å². The molecule has 0 atom stereocenters. The number of hydrogen-bond acceptors (Lipinski definition) is 3. The Labute approximate surface area is 81.0 Å². The van der Waals surface area contributed by atoms with Crippen LogP contribution in [0.25, 0.3) is 0 Å². The number of nitrogens with zero attached hydrogens (tertiary/aromatic N) is 1. The normalized spacial score (nSPS) is 9.50. The standard InChI is InChI=1S/C10H9NO3/c1-6-2-7(4-11)3-8(10(13)14)9(6)5-12/h2-3,12H,5H2,1H3,(H,13,14). The molecule has 0 heterocycles. The van der Waals surface area contributed by atoms with Crippen LogP contribution in [0.1, 0.15) is 27.0 Å². The Morgan fingerprint density at radius 3 is 2.64 bits per heavy atom. The van der Waals surface area contributed by atoms with Crippen LogP contribution in [0.5, 0.6) is 0 Å². The van der Waals surface area contributed by atoms with Gasteiger partial charge in [-0.15, -0.1) is 0 Å². The van der Waals surface area contributed by atoms with E-state index in [2.05, 4.69) is 0 Å². The maximum atomic E-state index is 10.8. The van der Waals surface area contributed by atoms with Gasteiger partial charge in [0, 0.05) is 0 Å². The summed E-state index contributed by atoms with van der Waals surface area (Å²) >= 11 is 0. The zero-order valence-corrected chi connectivity index (χ0v) is 7.61. The lowest BCUT2D eigenvalue weighted by molar-refractivity contribution is 0.0693. The van der Waals surface area contributed by atoms with Gasteiger partial charge in [0.05, 0.1) is 23.8 Å². The number of benzene rings is 1. The van der Waals surface area contributed by atoms with Crippen LogP contribution in [-0.2, 0) is 6.61 Å². The topological polar surface area (TPSA) is 81.3 Å². The fourth-order valence-corrected chi connectivity index (χ4v) is 1.28. The third-order valence-corrected chi connectivity index (χ3v) is 1.99. The number of carbonyl (C=O) groups is 1. The van der Waals surface area contributed by atoms with Crippen LogP contribution in [0.2, 0.25) is 0 Å². The van der Waals surface area contributed by atoms with Gasteiger partial charge in [0.2, 0.25) is 0 Å². The van der Waals surface area contributed by atoms with Crippen LogP contribution in [0.15, 0.2) is 12.1 Å². The second-order valence-electron chi connectivity index (χ2n) is 2.89. The molecule has 72 valence electrons. The van der Waals surface area contributed by atoms with Crippen molar-refractivity contribution in [1.82, 2.24) is 0 Å². The molecular weight excluding hydrogens is 182 g/mol. The highest BCUT2D eigenvalue weighted by Crippen LogP contribution is 2.17. The second-order valence-corrected chi connectivity index (χ2v) is 2.89. The molecule has 14 heavy (non-hydrogen) atoms. The van der Waals surface area contributed by atoms with Crippen molar-refractivity contribution in [2.45, 2.75) is 13.5 Å². The second kappa shape index (κ2) is 3.90. The SMILES string of the molecule is Cc1cc(C#N)cc(C(=O)O)c1CO. The number of aliphatic hydroxyl groups excluding tert-OH is 1. The first-order valence-corrected chi connectivity index (χ1v) is 3.98. The van der Waals surface area contributed by atoms with Crippen molar-refractivity contribution in [2.24, 2.45) is 0 Å². The third kappa shape index (κ3) is 1.73. The molecule has 2 N–H and O–H groups in total. The number of carboxylic acid groups (broad SMARTS) is 1. The van der Waals surface area contributed by atoms with Crippen LogP contribution in [-0.4, -0.2) is 16.2 Å². The monoisotopic (exact) mass is 191 g/mol. The zero-order chi connectivity index (χ0) is 10.7. The number of hydrogen-bond donors (Lipinski definition) is 2. The predicted octanol–water partition coefficient (Wildman–Crippen LogP) is 1.06. The average Bonchev–Trinajstić information content (AvgIpc) is 2.16. The van der Waals surface area contributed by atoms with Crippen molar-refractivity contribution in [2.75, 3.05) is 0 Å². The Balaban J connectivity index is 3.45. The molecule has 0 saturated heterocycles. The van der Waals surface area contributed by atoms with Crippen molar-refractivity contribution in [1.29, 1.82) is 5.26 Å². The van der Waals surface area contributed by atoms with Gasteiger partial charge in [0.25, 0.3) is 0 Å². The molecule has 1 aromatic rings. The summed E-state index contributed by atoms with van der Waals surface area (Å²) in [7, 11) is 0. The average molecular weight is 191 g/mol. The highest BCUT2D eigenvalue weighted by molar-refractivity contribution is 5.90. The highest BCUT2D eigenvalue weighted by atomic mass is 16.4. The number of rotatable bonds is 2. The highest BCUT2D eigenvalue weighted by Gasteiger charge is 2.13. The molecule has 0 saturated carbocycles. The minimum absolute atomic E-state index is 0.0101. The van der Waals surface area contributed by atoms with E-state index >= 15 is 0 Å². The summed E-state index contributed by atoms with van der Waals surface area (Å²) in [6.45, 7) is 1.33. The number of aryl methyl sites for hydroxylation is 1. The lowest BCUT2D eigenvalue weighted by Crippen LogP contribution is -2.05. The first-order chi connectivity index (χ1) is 6.60. The fourth-order valence-electron chi connectivity index (χ4n) is 1.28. The molecule has 0 amide bonds. The Morgan fingerprint density at radius 2 is 2.21 bits per heavy atom. The molecule has 1 aromatic carbocycles. The summed E-state index contributed by atoms with van der Waals surface area (Å²) in [6, 6.07) is 4.69. The predicted molar refractivity (Wildman–Crippen MR) is 48.8 cm³/mol. The van der Waals surface area contributed by atoms with Gasteiger partial charge in [-0.25, -0.2) is 4.79 Å². The molecule has 0 aliphatic carbocycles. The summed E-state index contributed by atoms with van der Waals surface area (Å²) in [5.41, 5.74) is 1.25. The van der Waals surface area contributed by atoms with Gasteiger partial charge in [-0.1, -0.05) is 0 Å². The number of carboxylic acids is 1. The molecule has 0 radical (unpaired) electrons. The molecule has 4 heteroatoms. The van der Waals surface area contributed by atoms with E-state index in [1.807, 2.05) is 6.07 Å². The molecule has 0 bridgehead atoms. The summed E-state index contributed by atoms with van der Waals surface area (Å²) < 4.78 is 0. The maximum Gasteiger partial charge on any atom is 0.336 e. The number of nitriles is 1. The Hall–Kier alpha value is -1.86. The third-order valence-electron chi connectivity index (χ3n) is 1.99. The first kappa shape index (κ1) is 10.2. The molecule has 0 aliphatic heterocycles. The van der Waals surface area contributed by atoms with Crippen LogP contribution in [0.4, 0.5) is 0 Å². The minimum atomic E-state index is -1.13. The van der Waals surface area contributed by atoms with Gasteiger partial charge in [0.15, 0.2) is 0 Å².